The molecule has 2 aliphatic heterocycles. The summed E-state index contributed by atoms with van der Waals surface area (Å²) in [5.74, 6) is 0.611. The van der Waals surface area contributed by atoms with E-state index in [0.717, 1.165) is 35.1 Å². The van der Waals surface area contributed by atoms with E-state index in [1.54, 1.807) is 6.07 Å². The molecule has 0 fully saturated rings. The van der Waals surface area contributed by atoms with Crippen molar-refractivity contribution >= 4 is 22.5 Å². The molecule has 6 nitrogen and oxygen atoms in total. The maximum atomic E-state index is 12.6. The quantitative estimate of drug-likeness (QED) is 0.550. The van der Waals surface area contributed by atoms with E-state index in [-0.39, 0.29) is 18.0 Å². The van der Waals surface area contributed by atoms with Gasteiger partial charge in [0.05, 0.1) is 24.6 Å². The van der Waals surface area contributed by atoms with Gasteiger partial charge in [0.25, 0.3) is 0 Å². The number of aromatic nitrogens is 2. The Kier molecular flexibility index (Phi) is 2.45. The van der Waals surface area contributed by atoms with Gasteiger partial charge in [0, 0.05) is 28.8 Å². The van der Waals surface area contributed by atoms with Crippen molar-refractivity contribution in [2.24, 2.45) is 0 Å². The van der Waals surface area contributed by atoms with E-state index in [1.807, 2.05) is 0 Å². The standard InChI is InChI=1S/C18H14N2O4/c1-24-12-5-6-20(23)18-15(12)16-14-11(22)7-10(21)13(14)8-3-2-4-9(8)17(16)19-18/h5-6,23H,2-4,7H2,1H3. The third kappa shape index (κ3) is 1.43. The highest BCUT2D eigenvalue weighted by Crippen LogP contribution is 2.47. The molecule has 0 atom stereocenters. The lowest BCUT2D eigenvalue weighted by molar-refractivity contribution is 0.0923. The van der Waals surface area contributed by atoms with Crippen LogP contribution < -0.4 is 4.74 Å². The number of methoxy groups -OCH3 is 1. The van der Waals surface area contributed by atoms with Crippen LogP contribution in [-0.2, 0) is 12.8 Å². The van der Waals surface area contributed by atoms with Gasteiger partial charge in [0.15, 0.2) is 17.4 Å². The monoisotopic (exact) mass is 322 g/mol. The summed E-state index contributed by atoms with van der Waals surface area (Å²) in [5.41, 5.74) is 4.34. The fourth-order valence-corrected chi connectivity index (χ4v) is 4.24. The predicted octanol–water partition coefficient (Wildman–Crippen LogP) is 2.64. The molecule has 24 heavy (non-hydrogen) atoms. The molecule has 5 rings (SSSR count). The maximum absolute atomic E-state index is 12.6. The highest BCUT2D eigenvalue weighted by atomic mass is 16.5. The molecule has 2 heterocycles. The number of fused-ring (bicyclic) bond motifs is 8. The average Bonchev–Trinajstić information content (AvgIpc) is 3.23. The fourth-order valence-electron chi connectivity index (χ4n) is 4.24. The Morgan fingerprint density at radius 1 is 1.12 bits per heavy atom. The zero-order valence-electron chi connectivity index (χ0n) is 13.0. The minimum atomic E-state index is -0.167. The largest absolute Gasteiger partial charge is 0.496 e. The van der Waals surface area contributed by atoms with Gasteiger partial charge in [-0.2, -0.15) is 4.73 Å². The molecule has 0 unspecified atom stereocenters. The minimum absolute atomic E-state index is 0.0815. The number of ketones is 2. The second-order valence-electron chi connectivity index (χ2n) is 6.35. The molecule has 0 saturated carbocycles. The van der Waals surface area contributed by atoms with Gasteiger partial charge in [-0.15, -0.1) is 0 Å². The van der Waals surface area contributed by atoms with E-state index in [2.05, 4.69) is 4.98 Å². The van der Waals surface area contributed by atoms with Gasteiger partial charge in [-0.25, -0.2) is 4.98 Å². The predicted molar refractivity (Wildman–Crippen MR) is 85.4 cm³/mol. The lowest BCUT2D eigenvalue weighted by Crippen LogP contribution is -2.02. The summed E-state index contributed by atoms with van der Waals surface area (Å²) in [6.45, 7) is 0. The molecule has 4 aliphatic rings. The Morgan fingerprint density at radius 2 is 1.88 bits per heavy atom. The molecule has 1 aromatic rings. The molecule has 0 saturated heterocycles. The summed E-state index contributed by atoms with van der Waals surface area (Å²) in [6.07, 6.45) is 3.95. The van der Waals surface area contributed by atoms with Crippen LogP contribution >= 0.6 is 0 Å². The van der Waals surface area contributed by atoms with Crippen molar-refractivity contribution < 1.29 is 19.5 Å². The summed E-state index contributed by atoms with van der Waals surface area (Å²) in [5, 5.41) is 10.8. The van der Waals surface area contributed by atoms with E-state index in [4.69, 9.17) is 4.74 Å². The number of carbonyl (C=O) groups is 2. The van der Waals surface area contributed by atoms with Gasteiger partial charge in [-0.3, -0.25) is 9.59 Å². The molecule has 0 amide bonds. The number of benzene rings is 1. The van der Waals surface area contributed by atoms with E-state index >= 15 is 0 Å². The number of rotatable bonds is 1. The van der Waals surface area contributed by atoms with Crippen LogP contribution in [0.25, 0.3) is 22.3 Å². The van der Waals surface area contributed by atoms with E-state index in [1.165, 1.54) is 13.3 Å². The van der Waals surface area contributed by atoms with Crippen LogP contribution in [0, 0.1) is 0 Å². The number of pyridine rings is 1. The lowest BCUT2D eigenvalue weighted by Gasteiger charge is -2.11. The third-order valence-electron chi connectivity index (χ3n) is 5.16. The molecular formula is C18H14N2O4. The molecule has 0 spiro atoms. The van der Waals surface area contributed by atoms with E-state index in [0.29, 0.717) is 39.2 Å². The maximum Gasteiger partial charge on any atom is 0.180 e. The topological polar surface area (TPSA) is 81.4 Å². The molecule has 1 aromatic carbocycles. The molecular weight excluding hydrogens is 308 g/mol. The van der Waals surface area contributed by atoms with Crippen LogP contribution in [0.1, 0.15) is 44.7 Å². The summed E-state index contributed by atoms with van der Waals surface area (Å²) >= 11 is 0. The molecule has 0 bridgehead atoms. The van der Waals surface area contributed by atoms with Crippen LogP contribution in [0.4, 0.5) is 0 Å². The first-order valence-electron chi connectivity index (χ1n) is 7.94. The third-order valence-corrected chi connectivity index (χ3v) is 5.16. The molecule has 120 valence electrons. The number of hydrogen-bond acceptors (Lipinski definition) is 5. The zero-order valence-corrected chi connectivity index (χ0v) is 13.0. The van der Waals surface area contributed by atoms with Crippen LogP contribution in [0.15, 0.2) is 12.3 Å². The summed E-state index contributed by atoms with van der Waals surface area (Å²) in [7, 11) is 1.54. The fraction of sp³-hybridized carbons (Fsp3) is 0.278. The molecule has 6 heteroatoms. The first kappa shape index (κ1) is 13.5. The normalized spacial score (nSPS) is 16.2. The second kappa shape index (κ2) is 4.35. The highest BCUT2D eigenvalue weighted by molar-refractivity contribution is 6.31. The molecule has 2 aliphatic carbocycles. The number of hydrogen-bond donors (Lipinski definition) is 1. The van der Waals surface area contributed by atoms with Gasteiger partial charge in [-0.05, 0) is 30.4 Å². The number of Topliss-reactive ketones (excluding diaryl/α,β-unsaturated/α-hetero) is 2. The van der Waals surface area contributed by atoms with Crippen molar-refractivity contribution in [3.05, 3.63) is 34.5 Å². The first-order valence-corrected chi connectivity index (χ1v) is 7.94. The lowest BCUT2D eigenvalue weighted by atomic mass is 9.93. The Balaban J connectivity index is 2.08. The van der Waals surface area contributed by atoms with Gasteiger partial charge in [0.1, 0.15) is 5.75 Å². The van der Waals surface area contributed by atoms with Gasteiger partial charge >= 0.3 is 0 Å². The summed E-state index contributed by atoms with van der Waals surface area (Å²) in [6, 6.07) is 1.63. The number of nitrogens with zero attached hydrogens (tertiary/aromatic N) is 2. The van der Waals surface area contributed by atoms with E-state index in [9.17, 15) is 14.8 Å². The number of ether oxygens (including phenoxy) is 1. The Labute approximate surface area is 137 Å². The van der Waals surface area contributed by atoms with Crippen molar-refractivity contribution in [1.82, 2.24) is 9.71 Å². The molecule has 0 radical (unpaired) electrons. The zero-order chi connectivity index (χ0) is 16.6. The molecule has 1 N–H and O–H groups in total. The Hall–Kier alpha value is -2.89. The Bertz CT molecular complexity index is 1050. The van der Waals surface area contributed by atoms with Crippen LogP contribution in [0.5, 0.6) is 5.75 Å². The average molecular weight is 322 g/mol. The van der Waals surface area contributed by atoms with Crippen molar-refractivity contribution in [3.63, 3.8) is 0 Å². The van der Waals surface area contributed by atoms with Gasteiger partial charge in [0.2, 0.25) is 0 Å². The van der Waals surface area contributed by atoms with Crippen molar-refractivity contribution in [2.75, 3.05) is 7.11 Å². The van der Waals surface area contributed by atoms with Crippen molar-refractivity contribution in [2.45, 2.75) is 25.7 Å². The summed E-state index contributed by atoms with van der Waals surface area (Å²) in [4.78, 5) is 29.6. The minimum Gasteiger partial charge on any atom is -0.496 e. The smallest absolute Gasteiger partial charge is 0.180 e. The van der Waals surface area contributed by atoms with Crippen molar-refractivity contribution in [1.29, 1.82) is 0 Å². The number of aryl methyl sites for hydroxylation is 1. The first-order chi connectivity index (χ1) is 11.6. The van der Waals surface area contributed by atoms with Crippen molar-refractivity contribution in [3.8, 4) is 17.1 Å². The van der Waals surface area contributed by atoms with Crippen LogP contribution in [-0.4, -0.2) is 33.6 Å². The summed E-state index contributed by atoms with van der Waals surface area (Å²) < 4.78 is 6.37. The Morgan fingerprint density at radius 3 is 2.67 bits per heavy atom. The highest BCUT2D eigenvalue weighted by Gasteiger charge is 2.39. The van der Waals surface area contributed by atoms with E-state index < -0.39 is 0 Å². The molecule has 0 aromatic heterocycles. The van der Waals surface area contributed by atoms with Gasteiger partial charge < -0.3 is 9.94 Å². The van der Waals surface area contributed by atoms with Crippen LogP contribution in [0.3, 0.4) is 0 Å². The second-order valence-corrected chi connectivity index (χ2v) is 6.35. The van der Waals surface area contributed by atoms with Crippen LogP contribution in [0.2, 0.25) is 0 Å². The number of carbonyl (C=O) groups excluding carboxylic acids is 2. The van der Waals surface area contributed by atoms with Gasteiger partial charge in [-0.1, -0.05) is 0 Å². The SMILES string of the molecule is COc1ccn(O)c2nc3c4c(c5c(c3c1-2)C(=O)CC5=O)CCC4.